The molecule has 2 heterocycles. The average molecular weight is 357 g/mol. The molecule has 0 aliphatic heterocycles. The molecule has 0 bridgehead atoms. The molecule has 0 aliphatic rings. The molecule has 1 nitrogen and oxygen atoms in total. The van der Waals surface area contributed by atoms with Crippen molar-refractivity contribution >= 4 is 54.1 Å². The SMILES string of the molecule is Brc1ccc2[nH]cc(-c3sccc3Br)c2c1. The molecular formula is C12H7Br2NS. The van der Waals surface area contributed by atoms with E-state index in [2.05, 4.69) is 66.6 Å². The Morgan fingerprint density at radius 3 is 2.75 bits per heavy atom. The van der Waals surface area contributed by atoms with Crippen LogP contribution in [0.1, 0.15) is 0 Å². The molecule has 1 N–H and O–H groups in total. The zero-order valence-corrected chi connectivity index (χ0v) is 12.1. The Balaban J connectivity index is 2.32. The predicted molar refractivity (Wildman–Crippen MR) is 77.0 cm³/mol. The zero-order chi connectivity index (χ0) is 11.1. The number of nitrogens with one attached hydrogen (secondary N) is 1. The number of halogens is 2. The first-order chi connectivity index (χ1) is 7.75. The van der Waals surface area contributed by atoms with E-state index in [0.717, 1.165) is 8.95 Å². The number of aromatic nitrogens is 1. The number of hydrogen-bond acceptors (Lipinski definition) is 1. The Kier molecular flexibility index (Phi) is 2.65. The van der Waals surface area contributed by atoms with Crippen LogP contribution in [0.3, 0.4) is 0 Å². The highest BCUT2D eigenvalue weighted by atomic mass is 79.9. The number of thiophene rings is 1. The minimum Gasteiger partial charge on any atom is -0.361 e. The number of H-pyrrole nitrogens is 1. The Morgan fingerprint density at radius 2 is 2.00 bits per heavy atom. The lowest BCUT2D eigenvalue weighted by molar-refractivity contribution is 1.48. The Hall–Kier alpha value is -0.580. The lowest BCUT2D eigenvalue weighted by atomic mass is 10.1. The van der Waals surface area contributed by atoms with Gasteiger partial charge in [0.25, 0.3) is 0 Å². The minimum absolute atomic E-state index is 1.11. The number of fused-ring (bicyclic) bond motifs is 1. The molecule has 4 heteroatoms. The van der Waals surface area contributed by atoms with Gasteiger partial charge in [-0.15, -0.1) is 11.3 Å². The van der Waals surface area contributed by atoms with Crippen molar-refractivity contribution in [2.45, 2.75) is 0 Å². The average Bonchev–Trinajstić information content (AvgIpc) is 2.83. The normalized spacial score (nSPS) is 11.1. The number of aromatic amines is 1. The second-order valence-electron chi connectivity index (χ2n) is 3.49. The first-order valence-corrected chi connectivity index (χ1v) is 7.22. The molecule has 0 unspecified atom stereocenters. The third-order valence-electron chi connectivity index (χ3n) is 2.51. The molecule has 80 valence electrons. The number of benzene rings is 1. The van der Waals surface area contributed by atoms with Gasteiger partial charge in [0.15, 0.2) is 0 Å². The van der Waals surface area contributed by atoms with E-state index in [-0.39, 0.29) is 0 Å². The second kappa shape index (κ2) is 4.02. The molecule has 0 spiro atoms. The summed E-state index contributed by atoms with van der Waals surface area (Å²) < 4.78 is 2.26. The Labute approximate surface area is 114 Å². The van der Waals surface area contributed by atoms with E-state index in [1.807, 2.05) is 6.07 Å². The van der Waals surface area contributed by atoms with Crippen LogP contribution >= 0.6 is 43.2 Å². The molecule has 0 saturated carbocycles. The summed E-state index contributed by atoms with van der Waals surface area (Å²) in [4.78, 5) is 4.56. The topological polar surface area (TPSA) is 15.8 Å². The van der Waals surface area contributed by atoms with Gasteiger partial charge in [-0.05, 0) is 45.6 Å². The summed E-state index contributed by atoms with van der Waals surface area (Å²) in [6, 6.07) is 8.36. The Bertz CT molecular complexity index is 654. The monoisotopic (exact) mass is 355 g/mol. The van der Waals surface area contributed by atoms with Crippen molar-refractivity contribution < 1.29 is 0 Å². The van der Waals surface area contributed by atoms with Gasteiger partial charge in [-0.1, -0.05) is 15.9 Å². The summed E-state index contributed by atoms with van der Waals surface area (Å²) in [6.45, 7) is 0. The van der Waals surface area contributed by atoms with Gasteiger partial charge in [0.2, 0.25) is 0 Å². The van der Waals surface area contributed by atoms with E-state index in [0.29, 0.717) is 0 Å². The molecule has 0 saturated heterocycles. The third kappa shape index (κ3) is 1.65. The van der Waals surface area contributed by atoms with Crippen molar-refractivity contribution in [3.63, 3.8) is 0 Å². The quantitative estimate of drug-likeness (QED) is 0.599. The largest absolute Gasteiger partial charge is 0.361 e. The smallest absolute Gasteiger partial charge is 0.0506 e. The van der Waals surface area contributed by atoms with Gasteiger partial charge in [-0.25, -0.2) is 0 Å². The summed E-state index contributed by atoms with van der Waals surface area (Å²) in [5.41, 5.74) is 2.41. The van der Waals surface area contributed by atoms with E-state index in [1.54, 1.807) is 11.3 Å². The van der Waals surface area contributed by atoms with E-state index in [9.17, 15) is 0 Å². The van der Waals surface area contributed by atoms with Crippen LogP contribution < -0.4 is 0 Å². The maximum atomic E-state index is 3.58. The molecule has 0 amide bonds. The highest BCUT2D eigenvalue weighted by Crippen LogP contribution is 2.38. The van der Waals surface area contributed by atoms with Gasteiger partial charge >= 0.3 is 0 Å². The van der Waals surface area contributed by atoms with Crippen molar-refractivity contribution in [3.05, 3.63) is 44.8 Å². The van der Waals surface area contributed by atoms with E-state index in [4.69, 9.17) is 0 Å². The van der Waals surface area contributed by atoms with Crippen LogP contribution in [0.15, 0.2) is 44.8 Å². The molecule has 2 aromatic heterocycles. The van der Waals surface area contributed by atoms with E-state index < -0.39 is 0 Å². The van der Waals surface area contributed by atoms with Crippen LogP contribution in [0.5, 0.6) is 0 Å². The van der Waals surface area contributed by atoms with Crippen LogP contribution in [0.25, 0.3) is 21.3 Å². The summed E-state index contributed by atoms with van der Waals surface area (Å²) >= 11 is 8.83. The van der Waals surface area contributed by atoms with Gasteiger partial charge in [0.05, 0.1) is 4.88 Å². The van der Waals surface area contributed by atoms with Gasteiger partial charge < -0.3 is 4.98 Å². The maximum Gasteiger partial charge on any atom is 0.0506 e. The van der Waals surface area contributed by atoms with Crippen LogP contribution in [-0.4, -0.2) is 4.98 Å². The van der Waals surface area contributed by atoms with Gasteiger partial charge in [-0.3, -0.25) is 0 Å². The summed E-state index contributed by atoms with van der Waals surface area (Å²) in [6.07, 6.45) is 2.06. The third-order valence-corrected chi connectivity index (χ3v) is 4.87. The summed E-state index contributed by atoms with van der Waals surface area (Å²) in [5.74, 6) is 0. The molecular weight excluding hydrogens is 350 g/mol. The number of hydrogen-bond donors (Lipinski definition) is 1. The molecule has 0 fully saturated rings. The van der Waals surface area contributed by atoms with Crippen molar-refractivity contribution in [1.29, 1.82) is 0 Å². The molecule has 0 atom stereocenters. The van der Waals surface area contributed by atoms with Gasteiger partial charge in [-0.2, -0.15) is 0 Å². The fourth-order valence-electron chi connectivity index (χ4n) is 1.77. The predicted octanol–water partition coefficient (Wildman–Crippen LogP) is 5.42. The second-order valence-corrected chi connectivity index (χ2v) is 6.18. The van der Waals surface area contributed by atoms with Crippen LogP contribution in [0, 0.1) is 0 Å². The molecule has 0 radical (unpaired) electrons. The van der Waals surface area contributed by atoms with Crippen LogP contribution in [0.4, 0.5) is 0 Å². The van der Waals surface area contributed by atoms with Crippen molar-refractivity contribution in [1.82, 2.24) is 4.98 Å². The molecule has 3 aromatic rings. The molecule has 1 aromatic carbocycles. The molecule has 3 rings (SSSR count). The van der Waals surface area contributed by atoms with Crippen LogP contribution in [0.2, 0.25) is 0 Å². The maximum absolute atomic E-state index is 3.58. The van der Waals surface area contributed by atoms with E-state index >= 15 is 0 Å². The minimum atomic E-state index is 1.11. The Morgan fingerprint density at radius 1 is 1.12 bits per heavy atom. The highest BCUT2D eigenvalue weighted by Gasteiger charge is 2.10. The van der Waals surface area contributed by atoms with E-state index in [1.165, 1.54) is 21.3 Å². The molecule has 16 heavy (non-hydrogen) atoms. The lowest BCUT2D eigenvalue weighted by Crippen LogP contribution is -1.71. The fraction of sp³-hybridized carbons (Fsp3) is 0. The summed E-state index contributed by atoms with van der Waals surface area (Å²) in [5, 5.41) is 3.34. The van der Waals surface area contributed by atoms with Gasteiger partial charge in [0.1, 0.15) is 0 Å². The van der Waals surface area contributed by atoms with Crippen LogP contribution in [-0.2, 0) is 0 Å². The van der Waals surface area contributed by atoms with Gasteiger partial charge in [0, 0.05) is 31.6 Å². The highest BCUT2D eigenvalue weighted by molar-refractivity contribution is 9.11. The van der Waals surface area contributed by atoms with Crippen molar-refractivity contribution in [3.8, 4) is 10.4 Å². The fourth-order valence-corrected chi connectivity index (χ4v) is 3.75. The standard InChI is InChI=1S/C12H7Br2NS/c13-7-1-2-11-8(5-7)9(6-15-11)12-10(14)3-4-16-12/h1-6,15H. The summed E-state index contributed by atoms with van der Waals surface area (Å²) in [7, 11) is 0. The lowest BCUT2D eigenvalue weighted by Gasteiger charge is -1.97. The number of rotatable bonds is 1. The molecule has 0 aliphatic carbocycles. The first-order valence-electron chi connectivity index (χ1n) is 4.76. The van der Waals surface area contributed by atoms with Crippen molar-refractivity contribution in [2.24, 2.45) is 0 Å². The van der Waals surface area contributed by atoms with Crippen molar-refractivity contribution in [2.75, 3.05) is 0 Å². The first kappa shape index (κ1) is 10.6. The zero-order valence-electron chi connectivity index (χ0n) is 8.13.